The largest absolute Gasteiger partial charge is 0.497 e. The van der Waals surface area contributed by atoms with Crippen molar-refractivity contribution >= 4 is 10.9 Å². The van der Waals surface area contributed by atoms with E-state index in [4.69, 9.17) is 14.2 Å². The van der Waals surface area contributed by atoms with Crippen LogP contribution in [0.4, 0.5) is 0 Å². The molecule has 0 radical (unpaired) electrons. The molecule has 0 spiro atoms. The first-order valence-electron chi connectivity index (χ1n) is 8.60. The summed E-state index contributed by atoms with van der Waals surface area (Å²) in [4.78, 5) is 15.3. The van der Waals surface area contributed by atoms with Crippen molar-refractivity contribution in [1.29, 1.82) is 0 Å². The van der Waals surface area contributed by atoms with Gasteiger partial charge in [0, 0.05) is 11.5 Å². The number of nitrogens with one attached hydrogen (secondary N) is 1. The molecule has 0 aliphatic rings. The standard InChI is InChI=1S/C19H27NO4/c1-5-6-7-8-11-23-17-15-10-9-14(22-4)12-16(15)20-19(21)18(17)24-13(2)3/h9-10,12-13H,5-8,11H2,1-4H3,(H,20,21). The summed E-state index contributed by atoms with van der Waals surface area (Å²) in [5.74, 6) is 1.45. The lowest BCUT2D eigenvalue weighted by atomic mass is 10.1. The van der Waals surface area contributed by atoms with Crippen molar-refractivity contribution in [2.75, 3.05) is 13.7 Å². The van der Waals surface area contributed by atoms with Crippen molar-refractivity contribution in [2.24, 2.45) is 0 Å². The first-order valence-corrected chi connectivity index (χ1v) is 8.60. The van der Waals surface area contributed by atoms with Crippen LogP contribution >= 0.6 is 0 Å². The Labute approximate surface area is 142 Å². The molecule has 0 aliphatic heterocycles. The van der Waals surface area contributed by atoms with Crippen molar-refractivity contribution < 1.29 is 14.2 Å². The zero-order valence-corrected chi connectivity index (χ0v) is 15.0. The van der Waals surface area contributed by atoms with Crippen molar-refractivity contribution in [3.05, 3.63) is 28.6 Å². The molecule has 0 saturated heterocycles. The number of hydrogen-bond acceptors (Lipinski definition) is 4. The van der Waals surface area contributed by atoms with E-state index >= 15 is 0 Å². The Morgan fingerprint density at radius 2 is 1.92 bits per heavy atom. The van der Waals surface area contributed by atoms with Crippen molar-refractivity contribution in [3.8, 4) is 17.2 Å². The normalized spacial score (nSPS) is 11.0. The van der Waals surface area contributed by atoms with Gasteiger partial charge in [-0.15, -0.1) is 0 Å². The summed E-state index contributed by atoms with van der Waals surface area (Å²) < 4.78 is 16.9. The van der Waals surface area contributed by atoms with Crippen LogP contribution in [0.3, 0.4) is 0 Å². The summed E-state index contributed by atoms with van der Waals surface area (Å²) in [6.07, 6.45) is 4.33. The van der Waals surface area contributed by atoms with Crippen molar-refractivity contribution in [3.63, 3.8) is 0 Å². The summed E-state index contributed by atoms with van der Waals surface area (Å²) >= 11 is 0. The Morgan fingerprint density at radius 3 is 2.58 bits per heavy atom. The lowest BCUT2D eigenvalue weighted by Crippen LogP contribution is -2.18. The molecule has 1 N–H and O–H groups in total. The van der Waals surface area contributed by atoms with Crippen LogP contribution in [0.1, 0.15) is 46.5 Å². The van der Waals surface area contributed by atoms with Gasteiger partial charge in [-0.2, -0.15) is 0 Å². The van der Waals surface area contributed by atoms with E-state index in [9.17, 15) is 4.79 Å². The molecule has 2 rings (SSSR count). The second-order valence-corrected chi connectivity index (χ2v) is 6.10. The van der Waals surface area contributed by atoms with E-state index in [2.05, 4.69) is 11.9 Å². The van der Waals surface area contributed by atoms with E-state index in [0.717, 1.165) is 18.2 Å². The second kappa shape index (κ2) is 8.62. The first kappa shape index (κ1) is 18.2. The SMILES string of the molecule is CCCCCCOc1c(OC(C)C)c(=O)[nH]c2cc(OC)ccc12. The van der Waals surface area contributed by atoms with E-state index in [1.165, 1.54) is 12.8 Å². The smallest absolute Gasteiger partial charge is 0.294 e. The van der Waals surface area contributed by atoms with Gasteiger partial charge < -0.3 is 19.2 Å². The number of aromatic amines is 1. The fraction of sp³-hybridized carbons (Fsp3) is 0.526. The summed E-state index contributed by atoms with van der Waals surface area (Å²) in [6, 6.07) is 5.53. The van der Waals surface area contributed by atoms with Crippen LogP contribution in [-0.4, -0.2) is 24.8 Å². The van der Waals surface area contributed by atoms with Crippen LogP contribution < -0.4 is 19.8 Å². The molecule has 2 aromatic rings. The third kappa shape index (κ3) is 4.43. The van der Waals surface area contributed by atoms with Crippen LogP contribution in [-0.2, 0) is 0 Å². The van der Waals surface area contributed by atoms with Crippen LogP contribution in [0, 0.1) is 0 Å². The Balaban J connectivity index is 2.39. The molecule has 1 aromatic heterocycles. The fourth-order valence-corrected chi connectivity index (χ4v) is 2.55. The van der Waals surface area contributed by atoms with Crippen LogP contribution in [0.15, 0.2) is 23.0 Å². The Bertz CT molecular complexity index is 721. The third-order valence-corrected chi connectivity index (χ3v) is 3.73. The number of hydrogen-bond donors (Lipinski definition) is 1. The van der Waals surface area contributed by atoms with Gasteiger partial charge in [0.05, 0.1) is 25.3 Å². The number of benzene rings is 1. The molecule has 0 bridgehead atoms. The maximum Gasteiger partial charge on any atom is 0.294 e. The van der Waals surface area contributed by atoms with E-state index in [1.807, 2.05) is 26.0 Å². The van der Waals surface area contributed by atoms with Crippen molar-refractivity contribution in [2.45, 2.75) is 52.6 Å². The highest BCUT2D eigenvalue weighted by Crippen LogP contribution is 2.34. The van der Waals surface area contributed by atoms with Crippen molar-refractivity contribution in [1.82, 2.24) is 4.98 Å². The zero-order chi connectivity index (χ0) is 17.5. The summed E-state index contributed by atoms with van der Waals surface area (Å²) in [7, 11) is 1.60. The van der Waals surface area contributed by atoms with E-state index in [0.29, 0.717) is 23.6 Å². The summed E-state index contributed by atoms with van der Waals surface area (Å²) in [5.41, 5.74) is 0.395. The zero-order valence-electron chi connectivity index (χ0n) is 15.0. The fourth-order valence-electron chi connectivity index (χ4n) is 2.55. The lowest BCUT2D eigenvalue weighted by Gasteiger charge is -2.16. The van der Waals surface area contributed by atoms with Gasteiger partial charge in [-0.1, -0.05) is 26.2 Å². The molecule has 5 nitrogen and oxygen atoms in total. The highest BCUT2D eigenvalue weighted by molar-refractivity contribution is 5.88. The quantitative estimate of drug-likeness (QED) is 0.696. The van der Waals surface area contributed by atoms with E-state index in [-0.39, 0.29) is 17.4 Å². The predicted octanol–water partition coefficient (Wildman–Crippen LogP) is 4.28. The maximum atomic E-state index is 12.4. The van der Waals surface area contributed by atoms with Gasteiger partial charge >= 0.3 is 0 Å². The average Bonchev–Trinajstić information content (AvgIpc) is 2.56. The monoisotopic (exact) mass is 333 g/mol. The van der Waals surface area contributed by atoms with Crippen LogP contribution in [0.25, 0.3) is 10.9 Å². The van der Waals surface area contributed by atoms with Gasteiger partial charge in [-0.3, -0.25) is 4.79 Å². The first-order chi connectivity index (χ1) is 11.6. The molecule has 132 valence electrons. The molecule has 5 heteroatoms. The van der Waals surface area contributed by atoms with Gasteiger partial charge in [0.25, 0.3) is 5.56 Å². The predicted molar refractivity (Wildman–Crippen MR) is 96.5 cm³/mol. The van der Waals surface area contributed by atoms with E-state index < -0.39 is 0 Å². The molecule has 0 amide bonds. The van der Waals surface area contributed by atoms with Gasteiger partial charge in [0.1, 0.15) is 5.75 Å². The molecular weight excluding hydrogens is 306 g/mol. The highest BCUT2D eigenvalue weighted by Gasteiger charge is 2.17. The molecular formula is C19H27NO4. The van der Waals surface area contributed by atoms with Gasteiger partial charge in [0.15, 0.2) is 5.75 Å². The minimum absolute atomic E-state index is 0.107. The number of aromatic nitrogens is 1. The number of unbranched alkanes of at least 4 members (excludes halogenated alkanes) is 3. The Morgan fingerprint density at radius 1 is 1.12 bits per heavy atom. The minimum atomic E-state index is -0.284. The topological polar surface area (TPSA) is 60.5 Å². The summed E-state index contributed by atoms with van der Waals surface area (Å²) in [6.45, 7) is 6.53. The average molecular weight is 333 g/mol. The third-order valence-electron chi connectivity index (χ3n) is 3.73. The van der Waals surface area contributed by atoms with Crippen LogP contribution in [0.5, 0.6) is 17.2 Å². The molecule has 0 aliphatic carbocycles. The molecule has 0 unspecified atom stereocenters. The van der Waals surface area contributed by atoms with Gasteiger partial charge in [-0.05, 0) is 32.4 Å². The number of H-pyrrole nitrogens is 1. The second-order valence-electron chi connectivity index (χ2n) is 6.10. The molecule has 1 aromatic carbocycles. The van der Waals surface area contributed by atoms with Gasteiger partial charge in [0.2, 0.25) is 5.75 Å². The van der Waals surface area contributed by atoms with Crippen LogP contribution in [0.2, 0.25) is 0 Å². The number of ether oxygens (including phenoxy) is 3. The number of rotatable bonds is 9. The molecule has 1 heterocycles. The minimum Gasteiger partial charge on any atom is -0.497 e. The molecule has 0 atom stereocenters. The molecule has 0 saturated carbocycles. The number of pyridine rings is 1. The molecule has 0 fully saturated rings. The Kier molecular flexibility index (Phi) is 6.53. The molecule has 24 heavy (non-hydrogen) atoms. The maximum absolute atomic E-state index is 12.4. The summed E-state index contributed by atoms with van der Waals surface area (Å²) in [5, 5.41) is 0.821. The highest BCUT2D eigenvalue weighted by atomic mass is 16.5. The lowest BCUT2D eigenvalue weighted by molar-refractivity contribution is 0.217. The number of methoxy groups -OCH3 is 1. The Hall–Kier alpha value is -2.17. The van der Waals surface area contributed by atoms with Gasteiger partial charge in [-0.25, -0.2) is 0 Å². The number of fused-ring (bicyclic) bond motifs is 1. The van der Waals surface area contributed by atoms with E-state index in [1.54, 1.807) is 13.2 Å².